The largest absolute Gasteiger partial charge is 0.491 e. The smallest absolute Gasteiger partial charge is 0.315 e. The van der Waals surface area contributed by atoms with E-state index in [0.717, 1.165) is 11.3 Å². The molecule has 3 N–H and O–H groups in total. The molecule has 0 heterocycles. The lowest BCUT2D eigenvalue weighted by atomic mass is 10.2. The van der Waals surface area contributed by atoms with Gasteiger partial charge in [0.15, 0.2) is 0 Å². The number of carbonyl (C=O) groups excluding carboxylic acids is 1. The minimum Gasteiger partial charge on any atom is -0.491 e. The highest BCUT2D eigenvalue weighted by Gasteiger charge is 2.02. The van der Waals surface area contributed by atoms with Crippen molar-refractivity contribution in [1.29, 1.82) is 0 Å². The summed E-state index contributed by atoms with van der Waals surface area (Å²) in [5.41, 5.74) is 0.965. The van der Waals surface area contributed by atoms with Gasteiger partial charge in [0.2, 0.25) is 0 Å². The van der Waals surface area contributed by atoms with Crippen LogP contribution in [0, 0.1) is 0 Å². The third-order valence-corrected chi connectivity index (χ3v) is 2.60. The molecule has 0 spiro atoms. The molecule has 0 saturated carbocycles. The summed E-state index contributed by atoms with van der Waals surface area (Å²) in [6, 6.07) is 7.21. The van der Waals surface area contributed by atoms with Gasteiger partial charge in [-0.1, -0.05) is 12.1 Å². The van der Waals surface area contributed by atoms with Gasteiger partial charge in [0.25, 0.3) is 0 Å². The van der Waals surface area contributed by atoms with Gasteiger partial charge in [-0.15, -0.1) is 0 Å². The molecule has 0 aliphatic heterocycles. The molecule has 0 saturated heterocycles. The van der Waals surface area contributed by atoms with Gasteiger partial charge in [-0.05, 0) is 38.0 Å². The van der Waals surface area contributed by atoms with Crippen molar-refractivity contribution in [1.82, 2.24) is 10.6 Å². The van der Waals surface area contributed by atoms with Crippen molar-refractivity contribution in [2.24, 2.45) is 0 Å². The zero-order chi connectivity index (χ0) is 15.7. The van der Waals surface area contributed by atoms with E-state index in [1.807, 2.05) is 38.1 Å². The fourth-order valence-corrected chi connectivity index (χ4v) is 1.64. The van der Waals surface area contributed by atoms with Crippen LogP contribution in [0.15, 0.2) is 24.3 Å². The topological polar surface area (TPSA) is 87.7 Å². The zero-order valence-electron chi connectivity index (χ0n) is 12.4. The van der Waals surface area contributed by atoms with Gasteiger partial charge in [0.05, 0.1) is 6.10 Å². The van der Waals surface area contributed by atoms with E-state index < -0.39 is 5.97 Å². The van der Waals surface area contributed by atoms with Crippen LogP contribution in [0.2, 0.25) is 0 Å². The van der Waals surface area contributed by atoms with Crippen molar-refractivity contribution in [3.63, 3.8) is 0 Å². The van der Waals surface area contributed by atoms with Crippen molar-refractivity contribution in [2.45, 2.75) is 39.3 Å². The first kappa shape index (κ1) is 16.8. The molecular weight excluding hydrogens is 272 g/mol. The maximum absolute atomic E-state index is 11.5. The first-order chi connectivity index (χ1) is 9.97. The quantitative estimate of drug-likeness (QED) is 0.641. The second-order valence-electron chi connectivity index (χ2n) is 4.92. The number of amides is 2. The van der Waals surface area contributed by atoms with Crippen LogP contribution in [-0.4, -0.2) is 29.8 Å². The van der Waals surface area contributed by atoms with E-state index in [-0.39, 0.29) is 18.6 Å². The molecule has 0 bridgehead atoms. The SMILES string of the molecule is CC(C)Oc1ccc(CNC(=O)NCCCC(=O)O)cc1. The van der Waals surface area contributed by atoms with E-state index in [9.17, 15) is 9.59 Å². The molecule has 2 amide bonds. The molecule has 1 rings (SSSR count). The van der Waals surface area contributed by atoms with Gasteiger partial charge in [0.1, 0.15) is 5.75 Å². The van der Waals surface area contributed by atoms with Crippen molar-refractivity contribution < 1.29 is 19.4 Å². The van der Waals surface area contributed by atoms with E-state index >= 15 is 0 Å². The Hall–Kier alpha value is -2.24. The van der Waals surface area contributed by atoms with Gasteiger partial charge in [0, 0.05) is 19.5 Å². The molecule has 1 aromatic rings. The Morgan fingerprint density at radius 2 is 1.86 bits per heavy atom. The lowest BCUT2D eigenvalue weighted by Gasteiger charge is -2.11. The van der Waals surface area contributed by atoms with Gasteiger partial charge < -0.3 is 20.5 Å². The molecule has 116 valence electrons. The van der Waals surface area contributed by atoms with Crippen LogP contribution in [-0.2, 0) is 11.3 Å². The normalized spacial score (nSPS) is 10.2. The summed E-state index contributed by atoms with van der Waals surface area (Å²) >= 11 is 0. The van der Waals surface area contributed by atoms with E-state index in [0.29, 0.717) is 19.5 Å². The highest BCUT2D eigenvalue weighted by Crippen LogP contribution is 2.13. The molecule has 0 radical (unpaired) electrons. The molecule has 6 nitrogen and oxygen atoms in total. The average molecular weight is 294 g/mol. The first-order valence-corrected chi connectivity index (χ1v) is 6.96. The average Bonchev–Trinajstić information content (AvgIpc) is 2.42. The summed E-state index contributed by atoms with van der Waals surface area (Å²) in [4.78, 5) is 21.8. The molecule has 6 heteroatoms. The van der Waals surface area contributed by atoms with Crippen LogP contribution in [0.4, 0.5) is 4.79 Å². The number of carboxylic acids is 1. The number of hydrogen-bond donors (Lipinski definition) is 3. The molecule has 21 heavy (non-hydrogen) atoms. The van der Waals surface area contributed by atoms with Crippen LogP contribution >= 0.6 is 0 Å². The molecule has 0 fully saturated rings. The van der Waals surface area contributed by atoms with Crippen LogP contribution in [0.1, 0.15) is 32.3 Å². The second kappa shape index (κ2) is 8.84. The summed E-state index contributed by atoms with van der Waals surface area (Å²) in [6.45, 7) is 4.68. The molecule has 0 aliphatic rings. The van der Waals surface area contributed by atoms with E-state index in [1.54, 1.807) is 0 Å². The summed E-state index contributed by atoms with van der Waals surface area (Å²) < 4.78 is 5.53. The minimum absolute atomic E-state index is 0.0532. The fraction of sp³-hybridized carbons (Fsp3) is 0.467. The van der Waals surface area contributed by atoms with Crippen LogP contribution in [0.25, 0.3) is 0 Å². The van der Waals surface area contributed by atoms with Crippen LogP contribution in [0.3, 0.4) is 0 Å². The Kier molecular flexibility index (Phi) is 7.08. The predicted molar refractivity (Wildman–Crippen MR) is 79.3 cm³/mol. The number of ether oxygens (including phenoxy) is 1. The number of rotatable bonds is 8. The predicted octanol–water partition coefficient (Wildman–Crippen LogP) is 2.14. The summed E-state index contributed by atoms with van der Waals surface area (Å²) in [5, 5.41) is 13.8. The van der Waals surface area contributed by atoms with E-state index in [1.165, 1.54) is 0 Å². The van der Waals surface area contributed by atoms with Gasteiger partial charge >= 0.3 is 12.0 Å². The Labute approximate surface area is 124 Å². The molecule has 0 unspecified atom stereocenters. The number of benzene rings is 1. The molecule has 1 aromatic carbocycles. The molecule has 0 aromatic heterocycles. The number of carbonyl (C=O) groups is 2. The summed E-state index contributed by atoms with van der Waals surface area (Å²) in [7, 11) is 0. The monoisotopic (exact) mass is 294 g/mol. The van der Waals surface area contributed by atoms with E-state index in [2.05, 4.69) is 10.6 Å². The third-order valence-electron chi connectivity index (χ3n) is 2.60. The summed E-state index contributed by atoms with van der Waals surface area (Å²) in [5.74, 6) is -0.0622. The molecular formula is C15H22N2O4. The Bertz CT molecular complexity index is 457. The Morgan fingerprint density at radius 3 is 2.43 bits per heavy atom. The van der Waals surface area contributed by atoms with Crippen LogP contribution < -0.4 is 15.4 Å². The zero-order valence-corrected chi connectivity index (χ0v) is 12.4. The lowest BCUT2D eigenvalue weighted by molar-refractivity contribution is -0.137. The van der Waals surface area contributed by atoms with Crippen LogP contribution in [0.5, 0.6) is 5.75 Å². The first-order valence-electron chi connectivity index (χ1n) is 6.96. The molecule has 0 aliphatic carbocycles. The number of hydrogen-bond acceptors (Lipinski definition) is 3. The number of aliphatic carboxylic acids is 1. The van der Waals surface area contributed by atoms with Crippen molar-refractivity contribution >= 4 is 12.0 Å². The Balaban J connectivity index is 2.24. The number of nitrogens with one attached hydrogen (secondary N) is 2. The number of carboxylic acid groups (broad SMARTS) is 1. The highest BCUT2D eigenvalue weighted by atomic mass is 16.5. The van der Waals surface area contributed by atoms with Gasteiger partial charge in [-0.2, -0.15) is 0 Å². The minimum atomic E-state index is -0.860. The van der Waals surface area contributed by atoms with Crippen molar-refractivity contribution in [2.75, 3.05) is 6.54 Å². The highest BCUT2D eigenvalue weighted by molar-refractivity contribution is 5.73. The van der Waals surface area contributed by atoms with Gasteiger partial charge in [-0.25, -0.2) is 4.79 Å². The lowest BCUT2D eigenvalue weighted by Crippen LogP contribution is -2.35. The van der Waals surface area contributed by atoms with Crippen molar-refractivity contribution in [3.05, 3.63) is 29.8 Å². The number of urea groups is 1. The standard InChI is InChI=1S/C15H22N2O4/c1-11(2)21-13-7-5-12(6-8-13)10-17-15(20)16-9-3-4-14(18)19/h5-8,11H,3-4,9-10H2,1-2H3,(H,18,19)(H2,16,17,20). The van der Waals surface area contributed by atoms with E-state index in [4.69, 9.17) is 9.84 Å². The third kappa shape index (κ3) is 7.81. The molecule has 0 atom stereocenters. The van der Waals surface area contributed by atoms with Crippen molar-refractivity contribution in [3.8, 4) is 5.75 Å². The maximum Gasteiger partial charge on any atom is 0.315 e. The Morgan fingerprint density at radius 1 is 1.19 bits per heavy atom. The maximum atomic E-state index is 11.5. The second-order valence-corrected chi connectivity index (χ2v) is 4.92. The van der Waals surface area contributed by atoms with Gasteiger partial charge in [-0.3, -0.25) is 4.79 Å². The summed E-state index contributed by atoms with van der Waals surface area (Å²) in [6.07, 6.45) is 0.604. The fourth-order valence-electron chi connectivity index (χ4n) is 1.64.